The lowest BCUT2D eigenvalue weighted by molar-refractivity contribution is 0.175. The molecule has 0 aliphatic carbocycles. The van der Waals surface area contributed by atoms with Gasteiger partial charge in [0.1, 0.15) is 5.82 Å². The number of nitrogens with zero attached hydrogens (tertiary/aromatic N) is 2. The molecule has 0 aliphatic rings. The highest BCUT2D eigenvalue weighted by Gasteiger charge is 2.19. The molecule has 21 heavy (non-hydrogen) atoms. The average Bonchev–Trinajstić information content (AvgIpc) is 2.78. The zero-order valence-electron chi connectivity index (χ0n) is 11.9. The number of hydrogen-bond donors (Lipinski definition) is 1. The standard InChI is InChI=1S/C15H17BrClFN2O/c1-3-12-15(16)13(20(4-2)19-12)8-14(21)9-5-6-11(18)10(17)7-9/h5-7,14,21H,3-4,8H2,1-2H3. The van der Waals surface area contributed by atoms with Gasteiger partial charge in [0.25, 0.3) is 0 Å². The van der Waals surface area contributed by atoms with Crippen molar-refractivity contribution in [1.82, 2.24) is 9.78 Å². The Morgan fingerprint density at radius 2 is 2.14 bits per heavy atom. The maximum atomic E-state index is 13.2. The maximum Gasteiger partial charge on any atom is 0.141 e. The quantitative estimate of drug-likeness (QED) is 0.846. The summed E-state index contributed by atoms with van der Waals surface area (Å²) in [6.45, 7) is 4.77. The zero-order chi connectivity index (χ0) is 15.6. The van der Waals surface area contributed by atoms with Crippen molar-refractivity contribution in [3.05, 3.63) is 50.5 Å². The van der Waals surface area contributed by atoms with Crippen LogP contribution in [0, 0.1) is 5.82 Å². The van der Waals surface area contributed by atoms with E-state index >= 15 is 0 Å². The van der Waals surface area contributed by atoms with Crippen LogP contribution in [0.5, 0.6) is 0 Å². The number of aliphatic hydroxyl groups is 1. The minimum atomic E-state index is -0.758. The molecule has 0 saturated heterocycles. The first-order valence-corrected chi connectivity index (χ1v) is 8.02. The van der Waals surface area contributed by atoms with E-state index in [4.69, 9.17) is 11.6 Å². The summed E-state index contributed by atoms with van der Waals surface area (Å²) < 4.78 is 16.0. The molecular weight excluding hydrogens is 359 g/mol. The number of aliphatic hydroxyl groups excluding tert-OH is 1. The second kappa shape index (κ2) is 6.90. The second-order valence-corrected chi connectivity index (χ2v) is 5.97. The average molecular weight is 376 g/mol. The van der Waals surface area contributed by atoms with Crippen LogP contribution in [0.4, 0.5) is 4.39 Å². The minimum Gasteiger partial charge on any atom is -0.388 e. The number of hydrogen-bond acceptors (Lipinski definition) is 2. The SMILES string of the molecule is CCc1nn(CC)c(CC(O)c2ccc(F)c(Cl)c2)c1Br. The maximum absolute atomic E-state index is 13.2. The monoisotopic (exact) mass is 374 g/mol. The Morgan fingerprint density at radius 1 is 1.43 bits per heavy atom. The third-order valence-corrected chi connectivity index (χ3v) is 4.61. The van der Waals surface area contributed by atoms with Crippen molar-refractivity contribution in [2.24, 2.45) is 0 Å². The van der Waals surface area contributed by atoms with E-state index in [1.807, 2.05) is 18.5 Å². The van der Waals surface area contributed by atoms with E-state index in [9.17, 15) is 9.50 Å². The van der Waals surface area contributed by atoms with Crippen molar-refractivity contribution in [2.45, 2.75) is 39.3 Å². The Morgan fingerprint density at radius 3 is 2.71 bits per heavy atom. The molecule has 2 rings (SSSR count). The second-order valence-electron chi connectivity index (χ2n) is 4.77. The summed E-state index contributed by atoms with van der Waals surface area (Å²) in [7, 11) is 0. The number of rotatable bonds is 5. The summed E-state index contributed by atoms with van der Waals surface area (Å²) in [6, 6.07) is 4.28. The van der Waals surface area contributed by atoms with Crippen molar-refractivity contribution in [3.8, 4) is 0 Å². The highest BCUT2D eigenvalue weighted by molar-refractivity contribution is 9.10. The van der Waals surface area contributed by atoms with E-state index in [2.05, 4.69) is 21.0 Å². The van der Waals surface area contributed by atoms with Gasteiger partial charge in [-0.2, -0.15) is 5.10 Å². The van der Waals surface area contributed by atoms with Gasteiger partial charge >= 0.3 is 0 Å². The third-order valence-electron chi connectivity index (χ3n) is 3.41. The van der Waals surface area contributed by atoms with Crippen LogP contribution in [0.25, 0.3) is 0 Å². The predicted molar refractivity (Wildman–Crippen MR) is 85.1 cm³/mol. The van der Waals surface area contributed by atoms with Gasteiger partial charge in [-0.25, -0.2) is 4.39 Å². The molecule has 1 N–H and O–H groups in total. The fourth-order valence-corrected chi connectivity index (χ4v) is 3.15. The van der Waals surface area contributed by atoms with Crippen LogP contribution >= 0.6 is 27.5 Å². The molecule has 1 heterocycles. The summed E-state index contributed by atoms with van der Waals surface area (Å²) in [6.07, 6.45) is 0.453. The Bertz CT molecular complexity index is 645. The van der Waals surface area contributed by atoms with Crippen LogP contribution in [0.3, 0.4) is 0 Å². The summed E-state index contributed by atoms with van der Waals surface area (Å²) in [5, 5.41) is 14.9. The van der Waals surface area contributed by atoms with Crippen LogP contribution in [0.15, 0.2) is 22.7 Å². The summed E-state index contributed by atoms with van der Waals surface area (Å²) in [4.78, 5) is 0. The molecule has 6 heteroatoms. The molecule has 114 valence electrons. The Balaban J connectivity index is 2.28. The van der Waals surface area contributed by atoms with Gasteiger partial charge in [0, 0.05) is 13.0 Å². The summed E-state index contributed by atoms with van der Waals surface area (Å²) in [5.41, 5.74) is 2.49. The fraction of sp³-hybridized carbons (Fsp3) is 0.400. The van der Waals surface area contributed by atoms with Gasteiger partial charge in [0.05, 0.1) is 27.0 Å². The first-order chi connectivity index (χ1) is 9.97. The predicted octanol–water partition coefficient (Wildman–Crippen LogP) is 4.30. The molecule has 1 aromatic carbocycles. The van der Waals surface area contributed by atoms with E-state index in [0.29, 0.717) is 12.0 Å². The lowest BCUT2D eigenvalue weighted by atomic mass is 10.0. The number of aryl methyl sites for hydroxylation is 2. The van der Waals surface area contributed by atoms with Crippen LogP contribution in [0.1, 0.15) is 36.9 Å². The largest absolute Gasteiger partial charge is 0.388 e. The Hall–Kier alpha value is -0.910. The summed E-state index contributed by atoms with van der Waals surface area (Å²) in [5.74, 6) is -0.485. The van der Waals surface area contributed by atoms with Crippen LogP contribution in [0.2, 0.25) is 5.02 Å². The molecule has 0 aliphatic heterocycles. The highest BCUT2D eigenvalue weighted by Crippen LogP contribution is 2.28. The van der Waals surface area contributed by atoms with Gasteiger partial charge in [0.15, 0.2) is 0 Å². The molecule has 0 radical (unpaired) electrons. The van der Waals surface area contributed by atoms with Crippen LogP contribution < -0.4 is 0 Å². The summed E-state index contributed by atoms with van der Waals surface area (Å²) >= 11 is 9.31. The first kappa shape index (κ1) is 16.5. The van der Waals surface area contributed by atoms with Gasteiger partial charge in [-0.15, -0.1) is 0 Å². The lowest BCUT2D eigenvalue weighted by Gasteiger charge is -2.13. The van der Waals surface area contributed by atoms with Crippen LogP contribution in [-0.4, -0.2) is 14.9 Å². The molecule has 2 aromatic rings. The molecular formula is C15H17BrClFN2O. The third kappa shape index (κ3) is 3.47. The van der Waals surface area contributed by atoms with E-state index in [0.717, 1.165) is 28.8 Å². The number of aromatic nitrogens is 2. The molecule has 3 nitrogen and oxygen atoms in total. The van der Waals surface area contributed by atoms with Gasteiger partial charge in [-0.1, -0.05) is 24.6 Å². The number of halogens is 3. The topological polar surface area (TPSA) is 38.0 Å². The van der Waals surface area contributed by atoms with E-state index < -0.39 is 11.9 Å². The molecule has 1 aromatic heterocycles. The molecule has 0 spiro atoms. The lowest BCUT2D eigenvalue weighted by Crippen LogP contribution is -2.09. The Kier molecular flexibility index (Phi) is 5.41. The Labute approximate surface area is 136 Å². The van der Waals surface area contributed by atoms with Crippen molar-refractivity contribution in [2.75, 3.05) is 0 Å². The molecule has 0 saturated carbocycles. The number of benzene rings is 1. The van der Waals surface area contributed by atoms with E-state index in [1.165, 1.54) is 12.1 Å². The highest BCUT2D eigenvalue weighted by atomic mass is 79.9. The van der Waals surface area contributed by atoms with Crippen molar-refractivity contribution in [1.29, 1.82) is 0 Å². The van der Waals surface area contributed by atoms with Crippen molar-refractivity contribution >= 4 is 27.5 Å². The molecule has 1 atom stereocenters. The zero-order valence-corrected chi connectivity index (χ0v) is 14.2. The minimum absolute atomic E-state index is 0.0175. The van der Waals surface area contributed by atoms with Crippen molar-refractivity contribution in [3.63, 3.8) is 0 Å². The first-order valence-electron chi connectivity index (χ1n) is 6.84. The van der Waals surface area contributed by atoms with Gasteiger partial charge in [0.2, 0.25) is 0 Å². The molecule has 0 bridgehead atoms. The molecule has 0 amide bonds. The van der Waals surface area contributed by atoms with E-state index in [1.54, 1.807) is 6.07 Å². The smallest absolute Gasteiger partial charge is 0.141 e. The van der Waals surface area contributed by atoms with Crippen LogP contribution in [-0.2, 0) is 19.4 Å². The van der Waals surface area contributed by atoms with Gasteiger partial charge < -0.3 is 5.11 Å². The van der Waals surface area contributed by atoms with Gasteiger partial charge in [-0.05, 0) is 47.0 Å². The normalized spacial score (nSPS) is 12.7. The van der Waals surface area contributed by atoms with Crippen molar-refractivity contribution < 1.29 is 9.50 Å². The molecule has 1 unspecified atom stereocenters. The van der Waals surface area contributed by atoms with E-state index in [-0.39, 0.29) is 5.02 Å². The fourth-order valence-electron chi connectivity index (χ4n) is 2.23. The van der Waals surface area contributed by atoms with Gasteiger partial charge in [-0.3, -0.25) is 4.68 Å². The molecule has 0 fully saturated rings.